The van der Waals surface area contributed by atoms with E-state index in [4.69, 9.17) is 11.6 Å². The molecule has 0 atom stereocenters. The van der Waals surface area contributed by atoms with Crippen molar-refractivity contribution in [2.75, 3.05) is 19.6 Å². The smallest absolute Gasteiger partial charge is 0.246 e. The van der Waals surface area contributed by atoms with Crippen molar-refractivity contribution in [3.8, 4) is 0 Å². The molecule has 2 aliphatic rings. The normalized spacial score (nSPS) is 20.1. The van der Waals surface area contributed by atoms with E-state index >= 15 is 0 Å². The van der Waals surface area contributed by atoms with Crippen molar-refractivity contribution >= 4 is 28.5 Å². The zero-order valence-corrected chi connectivity index (χ0v) is 15.6. The third kappa shape index (κ3) is 3.15. The van der Waals surface area contributed by atoms with Crippen LogP contribution in [0.15, 0.2) is 24.5 Å². The topological polar surface area (TPSA) is 50.2 Å². The Morgan fingerprint density at radius 2 is 2.08 bits per heavy atom. The van der Waals surface area contributed by atoms with Crippen LogP contribution in [0.4, 0.5) is 0 Å². The fourth-order valence-electron chi connectivity index (χ4n) is 3.79. The standard InChI is InChI=1S/C19H25ClN4O/c1-18(2,24-10-5-14-11-15(20)12-21-16(14)24)17(25)22-19(6-7-19)13-23-8-3-4-9-23/h5,10-12H,3-4,6-9,13H2,1-2H3,(H,22,25). The maximum absolute atomic E-state index is 13.1. The van der Waals surface area contributed by atoms with Crippen LogP contribution in [-0.4, -0.2) is 45.5 Å². The monoisotopic (exact) mass is 360 g/mol. The molecule has 134 valence electrons. The summed E-state index contributed by atoms with van der Waals surface area (Å²) in [5.41, 5.74) is 0.0515. The second-order valence-electron chi connectivity index (χ2n) is 8.03. The number of nitrogens with zero attached hydrogens (tertiary/aromatic N) is 3. The zero-order valence-electron chi connectivity index (χ0n) is 14.9. The number of likely N-dealkylation sites (tertiary alicyclic amines) is 1. The molecule has 1 saturated heterocycles. The SMILES string of the molecule is CC(C)(C(=O)NC1(CN2CCCC2)CC1)n1ccc2cc(Cl)cnc21. The molecule has 4 rings (SSSR count). The number of hydrogen-bond donors (Lipinski definition) is 1. The van der Waals surface area contributed by atoms with Gasteiger partial charge in [-0.05, 0) is 64.8 Å². The van der Waals surface area contributed by atoms with E-state index in [0.717, 1.165) is 43.5 Å². The molecule has 1 amide bonds. The first-order valence-electron chi connectivity index (χ1n) is 9.08. The highest BCUT2D eigenvalue weighted by Gasteiger charge is 2.47. The van der Waals surface area contributed by atoms with Gasteiger partial charge in [-0.3, -0.25) is 4.79 Å². The number of carbonyl (C=O) groups excluding carboxylic acids is 1. The summed E-state index contributed by atoms with van der Waals surface area (Å²) < 4.78 is 1.94. The molecule has 6 heteroatoms. The number of pyridine rings is 1. The summed E-state index contributed by atoms with van der Waals surface area (Å²) in [6.45, 7) is 7.20. The summed E-state index contributed by atoms with van der Waals surface area (Å²) in [5, 5.41) is 4.90. The first kappa shape index (κ1) is 16.9. The van der Waals surface area contributed by atoms with Gasteiger partial charge in [-0.25, -0.2) is 4.98 Å². The largest absolute Gasteiger partial charge is 0.347 e. The Morgan fingerprint density at radius 1 is 1.36 bits per heavy atom. The van der Waals surface area contributed by atoms with Gasteiger partial charge in [0.1, 0.15) is 11.2 Å². The number of aromatic nitrogens is 2. The molecule has 0 unspecified atom stereocenters. The summed E-state index contributed by atoms with van der Waals surface area (Å²) in [7, 11) is 0. The lowest BCUT2D eigenvalue weighted by molar-refractivity contribution is -0.129. The lowest BCUT2D eigenvalue weighted by atomic mass is 10.0. The van der Waals surface area contributed by atoms with E-state index in [0.29, 0.717) is 5.02 Å². The molecule has 2 aromatic heterocycles. The Morgan fingerprint density at radius 3 is 2.76 bits per heavy atom. The van der Waals surface area contributed by atoms with Gasteiger partial charge in [0.25, 0.3) is 0 Å². The van der Waals surface area contributed by atoms with Crippen LogP contribution in [0.5, 0.6) is 0 Å². The minimum Gasteiger partial charge on any atom is -0.347 e. The Kier molecular flexibility index (Phi) is 4.04. The number of fused-ring (bicyclic) bond motifs is 1. The molecule has 2 aromatic rings. The number of hydrogen-bond acceptors (Lipinski definition) is 3. The highest BCUT2D eigenvalue weighted by molar-refractivity contribution is 6.31. The molecule has 0 bridgehead atoms. The molecule has 2 fully saturated rings. The van der Waals surface area contributed by atoms with Crippen LogP contribution in [0.25, 0.3) is 11.0 Å². The van der Waals surface area contributed by atoms with Crippen molar-refractivity contribution < 1.29 is 4.79 Å². The van der Waals surface area contributed by atoms with E-state index in [1.54, 1.807) is 6.20 Å². The van der Waals surface area contributed by atoms with E-state index < -0.39 is 5.54 Å². The Hall–Kier alpha value is -1.59. The van der Waals surface area contributed by atoms with Crippen LogP contribution in [0, 0.1) is 0 Å². The molecule has 3 heterocycles. The maximum Gasteiger partial charge on any atom is 0.246 e. The number of carbonyl (C=O) groups is 1. The minimum absolute atomic E-state index is 0.0294. The van der Waals surface area contributed by atoms with Crippen molar-refractivity contribution in [2.45, 2.75) is 50.6 Å². The van der Waals surface area contributed by atoms with E-state index in [9.17, 15) is 4.79 Å². The van der Waals surface area contributed by atoms with Gasteiger partial charge in [0.05, 0.1) is 10.6 Å². The van der Waals surface area contributed by atoms with Gasteiger partial charge < -0.3 is 14.8 Å². The third-order valence-electron chi connectivity index (χ3n) is 5.61. The maximum atomic E-state index is 13.1. The average molecular weight is 361 g/mol. The van der Waals surface area contributed by atoms with Crippen molar-refractivity contribution in [1.29, 1.82) is 0 Å². The highest BCUT2D eigenvalue weighted by Crippen LogP contribution is 2.38. The lowest BCUT2D eigenvalue weighted by Crippen LogP contribution is -2.52. The number of amides is 1. The van der Waals surface area contributed by atoms with E-state index in [2.05, 4.69) is 15.2 Å². The number of rotatable bonds is 5. The van der Waals surface area contributed by atoms with E-state index in [-0.39, 0.29) is 11.4 Å². The molecule has 5 nitrogen and oxygen atoms in total. The zero-order chi connectivity index (χ0) is 17.7. The highest BCUT2D eigenvalue weighted by atomic mass is 35.5. The second kappa shape index (κ2) is 5.99. The molecule has 0 spiro atoms. The number of nitrogens with one attached hydrogen (secondary N) is 1. The minimum atomic E-state index is -0.705. The van der Waals surface area contributed by atoms with Crippen LogP contribution < -0.4 is 5.32 Å². The Bertz CT molecular complexity index is 803. The van der Waals surface area contributed by atoms with Gasteiger partial charge in [-0.15, -0.1) is 0 Å². The second-order valence-corrected chi connectivity index (χ2v) is 8.47. The van der Waals surface area contributed by atoms with Crippen molar-refractivity contribution in [2.24, 2.45) is 0 Å². The van der Waals surface area contributed by atoms with Crippen LogP contribution in [0.2, 0.25) is 5.02 Å². The van der Waals surface area contributed by atoms with Crippen LogP contribution >= 0.6 is 11.6 Å². The van der Waals surface area contributed by atoms with Gasteiger partial charge in [-0.1, -0.05) is 11.6 Å². The van der Waals surface area contributed by atoms with E-state index in [1.807, 2.05) is 36.7 Å². The molecule has 1 aliphatic carbocycles. The molecule has 25 heavy (non-hydrogen) atoms. The Balaban J connectivity index is 1.53. The van der Waals surface area contributed by atoms with Gasteiger partial charge in [0.15, 0.2) is 0 Å². The van der Waals surface area contributed by atoms with Crippen molar-refractivity contribution in [1.82, 2.24) is 19.8 Å². The quantitative estimate of drug-likeness (QED) is 0.891. The summed E-state index contributed by atoms with van der Waals surface area (Å²) in [5.74, 6) is 0.0541. The predicted molar refractivity (Wildman–Crippen MR) is 99.8 cm³/mol. The molecule has 1 aliphatic heterocycles. The van der Waals surface area contributed by atoms with Crippen molar-refractivity contribution in [3.63, 3.8) is 0 Å². The first-order valence-corrected chi connectivity index (χ1v) is 9.46. The van der Waals surface area contributed by atoms with Gasteiger partial charge in [0, 0.05) is 24.3 Å². The van der Waals surface area contributed by atoms with Gasteiger partial charge in [-0.2, -0.15) is 0 Å². The van der Waals surface area contributed by atoms with Crippen LogP contribution in [-0.2, 0) is 10.3 Å². The summed E-state index contributed by atoms with van der Waals surface area (Å²) in [6.07, 6.45) is 8.26. The fraction of sp³-hybridized carbons (Fsp3) is 0.579. The Labute approximate surface area is 153 Å². The molecular weight excluding hydrogens is 336 g/mol. The lowest BCUT2D eigenvalue weighted by Gasteiger charge is -2.31. The fourth-order valence-corrected chi connectivity index (χ4v) is 3.96. The van der Waals surface area contributed by atoms with Gasteiger partial charge >= 0.3 is 0 Å². The van der Waals surface area contributed by atoms with Crippen molar-refractivity contribution in [3.05, 3.63) is 29.5 Å². The summed E-state index contributed by atoms with van der Waals surface area (Å²) in [4.78, 5) is 20.0. The average Bonchev–Trinajstić information content (AvgIpc) is 2.98. The van der Waals surface area contributed by atoms with Gasteiger partial charge in [0.2, 0.25) is 5.91 Å². The molecule has 0 aromatic carbocycles. The molecule has 0 radical (unpaired) electrons. The van der Waals surface area contributed by atoms with Crippen LogP contribution in [0.1, 0.15) is 39.5 Å². The summed E-state index contributed by atoms with van der Waals surface area (Å²) in [6, 6.07) is 3.84. The van der Waals surface area contributed by atoms with Crippen LogP contribution in [0.3, 0.4) is 0 Å². The third-order valence-corrected chi connectivity index (χ3v) is 5.81. The summed E-state index contributed by atoms with van der Waals surface area (Å²) >= 11 is 6.03. The van der Waals surface area contributed by atoms with E-state index in [1.165, 1.54) is 12.8 Å². The molecule has 1 N–H and O–H groups in total. The molecular formula is C19H25ClN4O. The predicted octanol–water partition coefficient (Wildman–Crippen LogP) is 3.17. The number of halogens is 1. The first-order chi connectivity index (χ1) is 11.9. The molecule has 1 saturated carbocycles.